The van der Waals surface area contributed by atoms with Crippen LogP contribution in [0.4, 0.5) is 13.2 Å². The summed E-state index contributed by atoms with van der Waals surface area (Å²) in [4.78, 5) is 10.7. The molecule has 0 saturated carbocycles. The number of ether oxygens (including phenoxy) is 1. The monoisotopic (exact) mass is 428 g/mol. The molecular formula is C25H23F3O3. The van der Waals surface area contributed by atoms with Crippen molar-refractivity contribution in [2.75, 3.05) is 6.61 Å². The van der Waals surface area contributed by atoms with Gasteiger partial charge in [0.15, 0.2) is 18.2 Å². The molecule has 6 heteroatoms. The van der Waals surface area contributed by atoms with Crippen LogP contribution in [0.3, 0.4) is 0 Å². The third-order valence-corrected chi connectivity index (χ3v) is 5.01. The van der Waals surface area contributed by atoms with E-state index in [2.05, 4.69) is 0 Å². The predicted octanol–water partition coefficient (Wildman–Crippen LogP) is 6.14. The molecule has 0 fully saturated rings. The standard InChI is InChI=1S/C25H23F3O3/c1-15(2)18-10-16(11-19(12-18)17-4-3-5-20(26)13-17)6-7-21-22(27)8-9-23(25(21)28)31-14-24(29)30/h3-5,8-13,15H,6-7,14H2,1-2H3,(H,29,30). The second-order valence-electron chi connectivity index (χ2n) is 7.65. The van der Waals surface area contributed by atoms with Gasteiger partial charge in [-0.1, -0.05) is 44.2 Å². The van der Waals surface area contributed by atoms with Crippen molar-refractivity contribution in [3.05, 3.63) is 88.7 Å². The molecule has 3 nitrogen and oxygen atoms in total. The van der Waals surface area contributed by atoms with Crippen LogP contribution in [0.1, 0.15) is 36.5 Å². The summed E-state index contributed by atoms with van der Waals surface area (Å²) in [6.45, 7) is 3.36. The van der Waals surface area contributed by atoms with Crippen LogP contribution in [0, 0.1) is 17.5 Å². The van der Waals surface area contributed by atoms with E-state index in [1.807, 2.05) is 38.1 Å². The number of rotatable bonds is 8. The number of carboxylic acid groups (broad SMARTS) is 1. The molecule has 0 saturated heterocycles. The maximum absolute atomic E-state index is 14.7. The number of hydrogen-bond donors (Lipinski definition) is 1. The van der Waals surface area contributed by atoms with Crippen molar-refractivity contribution in [3.63, 3.8) is 0 Å². The summed E-state index contributed by atoms with van der Waals surface area (Å²) < 4.78 is 47.6. The van der Waals surface area contributed by atoms with E-state index in [0.717, 1.165) is 34.4 Å². The summed E-state index contributed by atoms with van der Waals surface area (Å²) >= 11 is 0. The van der Waals surface area contributed by atoms with Gasteiger partial charge in [0.05, 0.1) is 0 Å². The molecule has 0 aromatic heterocycles. The van der Waals surface area contributed by atoms with E-state index in [1.165, 1.54) is 12.1 Å². The van der Waals surface area contributed by atoms with Gasteiger partial charge in [0, 0.05) is 5.56 Å². The maximum atomic E-state index is 14.7. The van der Waals surface area contributed by atoms with Gasteiger partial charge in [-0.15, -0.1) is 0 Å². The van der Waals surface area contributed by atoms with Gasteiger partial charge in [0.25, 0.3) is 0 Å². The Bertz CT molecular complexity index is 1090. The number of carbonyl (C=O) groups is 1. The van der Waals surface area contributed by atoms with Crippen LogP contribution in [-0.4, -0.2) is 17.7 Å². The molecule has 0 aliphatic carbocycles. The first-order chi connectivity index (χ1) is 14.7. The van der Waals surface area contributed by atoms with E-state index in [0.29, 0.717) is 6.42 Å². The maximum Gasteiger partial charge on any atom is 0.341 e. The summed E-state index contributed by atoms with van der Waals surface area (Å²) in [5.41, 5.74) is 3.30. The first-order valence-corrected chi connectivity index (χ1v) is 9.96. The molecule has 31 heavy (non-hydrogen) atoms. The molecule has 0 spiro atoms. The summed E-state index contributed by atoms with van der Waals surface area (Å²) in [5.74, 6) is -3.28. The quantitative estimate of drug-likeness (QED) is 0.469. The molecule has 0 amide bonds. The number of carboxylic acids is 1. The molecular weight excluding hydrogens is 405 g/mol. The Hall–Kier alpha value is -3.28. The average Bonchev–Trinajstić information content (AvgIpc) is 2.72. The Kier molecular flexibility index (Phi) is 7.00. The summed E-state index contributed by atoms with van der Waals surface area (Å²) in [6.07, 6.45) is 0.408. The van der Waals surface area contributed by atoms with E-state index in [1.54, 1.807) is 6.07 Å². The molecule has 3 aromatic rings. The molecule has 0 aliphatic rings. The number of hydrogen-bond acceptors (Lipinski definition) is 2. The van der Waals surface area contributed by atoms with Crippen LogP contribution in [-0.2, 0) is 17.6 Å². The Labute approximate surface area is 179 Å². The first kappa shape index (κ1) is 22.4. The number of benzene rings is 3. The number of halogens is 3. The van der Waals surface area contributed by atoms with Crippen molar-refractivity contribution in [2.45, 2.75) is 32.6 Å². The summed E-state index contributed by atoms with van der Waals surface area (Å²) in [6, 6.07) is 14.3. The molecule has 1 N–H and O–H groups in total. The third kappa shape index (κ3) is 5.66. The van der Waals surface area contributed by atoms with Gasteiger partial charge in [-0.2, -0.15) is 0 Å². The highest BCUT2D eigenvalue weighted by Gasteiger charge is 2.16. The lowest BCUT2D eigenvalue weighted by Gasteiger charge is -2.14. The molecule has 162 valence electrons. The second-order valence-corrected chi connectivity index (χ2v) is 7.65. The molecule has 0 heterocycles. The third-order valence-electron chi connectivity index (χ3n) is 5.01. The van der Waals surface area contributed by atoms with Crippen LogP contribution in [0.2, 0.25) is 0 Å². The predicted molar refractivity (Wildman–Crippen MR) is 113 cm³/mol. The zero-order chi connectivity index (χ0) is 22.5. The minimum absolute atomic E-state index is 0.0616. The van der Waals surface area contributed by atoms with E-state index in [9.17, 15) is 18.0 Å². The van der Waals surface area contributed by atoms with Gasteiger partial charge in [-0.3, -0.25) is 0 Å². The minimum Gasteiger partial charge on any atom is -0.479 e. The molecule has 0 bridgehead atoms. The van der Waals surface area contributed by atoms with Crippen LogP contribution in [0.15, 0.2) is 54.6 Å². The molecule has 3 aromatic carbocycles. The Morgan fingerprint density at radius 1 is 0.968 bits per heavy atom. The van der Waals surface area contributed by atoms with Gasteiger partial charge >= 0.3 is 5.97 Å². The first-order valence-electron chi connectivity index (χ1n) is 9.96. The van der Waals surface area contributed by atoms with E-state index in [-0.39, 0.29) is 29.5 Å². The molecule has 0 unspecified atom stereocenters. The van der Waals surface area contributed by atoms with Gasteiger partial charge in [0.1, 0.15) is 11.6 Å². The summed E-state index contributed by atoms with van der Waals surface area (Å²) in [7, 11) is 0. The summed E-state index contributed by atoms with van der Waals surface area (Å²) in [5, 5.41) is 8.70. The lowest BCUT2D eigenvalue weighted by Crippen LogP contribution is -2.11. The fourth-order valence-electron chi connectivity index (χ4n) is 3.36. The Morgan fingerprint density at radius 3 is 2.42 bits per heavy atom. The van der Waals surface area contributed by atoms with Gasteiger partial charge in [0.2, 0.25) is 0 Å². The highest BCUT2D eigenvalue weighted by Crippen LogP contribution is 2.29. The van der Waals surface area contributed by atoms with Gasteiger partial charge in [-0.05, 0) is 65.3 Å². The van der Waals surface area contributed by atoms with Crippen molar-refractivity contribution >= 4 is 5.97 Å². The topological polar surface area (TPSA) is 46.5 Å². The van der Waals surface area contributed by atoms with Crippen molar-refractivity contribution in [2.24, 2.45) is 0 Å². The average molecular weight is 428 g/mol. The Morgan fingerprint density at radius 2 is 1.74 bits per heavy atom. The highest BCUT2D eigenvalue weighted by molar-refractivity contribution is 5.68. The van der Waals surface area contributed by atoms with Crippen LogP contribution in [0.25, 0.3) is 11.1 Å². The fraction of sp³-hybridized carbons (Fsp3) is 0.240. The van der Waals surface area contributed by atoms with Crippen molar-refractivity contribution in [1.29, 1.82) is 0 Å². The Balaban J connectivity index is 1.89. The number of aryl methyl sites for hydroxylation is 1. The van der Waals surface area contributed by atoms with Gasteiger partial charge in [-0.25, -0.2) is 18.0 Å². The smallest absolute Gasteiger partial charge is 0.341 e. The molecule has 0 aliphatic heterocycles. The van der Waals surface area contributed by atoms with Crippen LogP contribution < -0.4 is 4.74 Å². The number of aliphatic carboxylic acids is 1. The lowest BCUT2D eigenvalue weighted by atomic mass is 9.92. The SMILES string of the molecule is CC(C)c1cc(CCc2c(F)ccc(OCC(=O)O)c2F)cc(-c2cccc(F)c2)c1. The zero-order valence-electron chi connectivity index (χ0n) is 17.3. The van der Waals surface area contributed by atoms with E-state index in [4.69, 9.17) is 9.84 Å². The van der Waals surface area contributed by atoms with E-state index >= 15 is 0 Å². The highest BCUT2D eigenvalue weighted by atomic mass is 19.1. The van der Waals surface area contributed by atoms with Crippen molar-refractivity contribution < 1.29 is 27.8 Å². The van der Waals surface area contributed by atoms with Crippen LogP contribution >= 0.6 is 0 Å². The largest absolute Gasteiger partial charge is 0.479 e. The van der Waals surface area contributed by atoms with Crippen molar-refractivity contribution in [1.82, 2.24) is 0 Å². The lowest BCUT2D eigenvalue weighted by molar-refractivity contribution is -0.139. The van der Waals surface area contributed by atoms with Gasteiger partial charge < -0.3 is 9.84 Å². The second kappa shape index (κ2) is 9.69. The molecule has 0 atom stereocenters. The molecule has 0 radical (unpaired) electrons. The zero-order valence-corrected chi connectivity index (χ0v) is 17.3. The molecule has 3 rings (SSSR count). The van der Waals surface area contributed by atoms with E-state index < -0.39 is 24.2 Å². The minimum atomic E-state index is -1.25. The normalized spacial score (nSPS) is 11.0. The van der Waals surface area contributed by atoms with Crippen molar-refractivity contribution in [3.8, 4) is 16.9 Å². The van der Waals surface area contributed by atoms with Crippen LogP contribution in [0.5, 0.6) is 5.75 Å². The fourth-order valence-corrected chi connectivity index (χ4v) is 3.36.